The Balaban J connectivity index is 2.05. The Bertz CT molecular complexity index is 829. The molecule has 0 spiro atoms. The SMILES string of the molecule is Cc1cccc(C(C)C)c1NC(=O)[C@H](C)OC(=O)Cc1c(Cl)cccc1Cl. The highest BCUT2D eigenvalue weighted by Crippen LogP contribution is 2.28. The molecule has 1 N–H and O–H groups in total. The van der Waals surface area contributed by atoms with Crippen molar-refractivity contribution in [1.29, 1.82) is 0 Å². The van der Waals surface area contributed by atoms with Gasteiger partial charge in [-0.25, -0.2) is 0 Å². The number of esters is 1. The zero-order valence-corrected chi connectivity index (χ0v) is 17.3. The number of carbonyl (C=O) groups excluding carboxylic acids is 2. The van der Waals surface area contributed by atoms with Gasteiger partial charge in [0.1, 0.15) is 0 Å². The molecule has 0 saturated carbocycles. The van der Waals surface area contributed by atoms with Gasteiger partial charge in [-0.1, -0.05) is 61.3 Å². The van der Waals surface area contributed by atoms with Crippen LogP contribution in [0.3, 0.4) is 0 Å². The molecule has 1 amide bonds. The average Bonchev–Trinajstić information content (AvgIpc) is 2.59. The van der Waals surface area contributed by atoms with E-state index in [1.165, 1.54) is 6.92 Å². The molecule has 0 bridgehead atoms. The van der Waals surface area contributed by atoms with Crippen molar-refractivity contribution < 1.29 is 14.3 Å². The minimum absolute atomic E-state index is 0.0995. The maximum atomic E-state index is 12.5. The molecule has 0 radical (unpaired) electrons. The topological polar surface area (TPSA) is 55.4 Å². The van der Waals surface area contributed by atoms with Crippen LogP contribution in [0.5, 0.6) is 0 Å². The summed E-state index contributed by atoms with van der Waals surface area (Å²) in [5.74, 6) is -0.702. The van der Waals surface area contributed by atoms with E-state index in [4.69, 9.17) is 27.9 Å². The van der Waals surface area contributed by atoms with Crippen molar-refractivity contribution in [3.8, 4) is 0 Å². The third-order valence-electron chi connectivity index (χ3n) is 4.24. The molecule has 0 aromatic heterocycles. The quantitative estimate of drug-likeness (QED) is 0.639. The van der Waals surface area contributed by atoms with Crippen molar-refractivity contribution in [2.24, 2.45) is 0 Å². The van der Waals surface area contributed by atoms with E-state index in [0.717, 1.165) is 16.8 Å². The highest BCUT2D eigenvalue weighted by molar-refractivity contribution is 6.36. The second-order valence-electron chi connectivity index (χ2n) is 6.69. The number of hydrogen-bond acceptors (Lipinski definition) is 3. The largest absolute Gasteiger partial charge is 0.452 e. The van der Waals surface area contributed by atoms with Crippen LogP contribution in [0.4, 0.5) is 5.69 Å². The first-order valence-electron chi connectivity index (χ1n) is 8.73. The number of anilines is 1. The summed E-state index contributed by atoms with van der Waals surface area (Å²) in [5.41, 5.74) is 3.23. The van der Waals surface area contributed by atoms with Crippen molar-refractivity contribution in [2.45, 2.75) is 46.1 Å². The summed E-state index contributed by atoms with van der Waals surface area (Å²) < 4.78 is 5.27. The Morgan fingerprint density at radius 2 is 1.63 bits per heavy atom. The van der Waals surface area contributed by atoms with Crippen LogP contribution in [0, 0.1) is 6.92 Å². The lowest BCUT2D eigenvalue weighted by Gasteiger charge is -2.19. The third-order valence-corrected chi connectivity index (χ3v) is 4.94. The van der Waals surface area contributed by atoms with E-state index in [2.05, 4.69) is 19.2 Å². The second-order valence-corrected chi connectivity index (χ2v) is 7.51. The molecule has 0 saturated heterocycles. The summed E-state index contributed by atoms with van der Waals surface area (Å²) >= 11 is 12.1. The number of ether oxygens (including phenoxy) is 1. The first-order valence-corrected chi connectivity index (χ1v) is 9.49. The van der Waals surface area contributed by atoms with Crippen LogP contribution in [-0.2, 0) is 20.7 Å². The number of aryl methyl sites for hydroxylation is 1. The fourth-order valence-corrected chi connectivity index (χ4v) is 3.24. The maximum Gasteiger partial charge on any atom is 0.311 e. The van der Waals surface area contributed by atoms with Crippen molar-refractivity contribution in [3.05, 3.63) is 63.1 Å². The molecule has 1 atom stereocenters. The Labute approximate surface area is 169 Å². The molecule has 2 aromatic carbocycles. The third kappa shape index (κ3) is 5.47. The predicted octanol–water partition coefficient (Wildman–Crippen LogP) is 5.54. The van der Waals surface area contributed by atoms with E-state index < -0.39 is 12.1 Å². The minimum Gasteiger partial charge on any atom is -0.452 e. The fourth-order valence-electron chi connectivity index (χ4n) is 2.71. The fraction of sp³-hybridized carbons (Fsp3) is 0.333. The molecule has 0 unspecified atom stereocenters. The van der Waals surface area contributed by atoms with Gasteiger partial charge in [0.05, 0.1) is 6.42 Å². The van der Waals surface area contributed by atoms with Crippen LogP contribution < -0.4 is 5.32 Å². The van der Waals surface area contributed by atoms with Gasteiger partial charge in [0, 0.05) is 21.3 Å². The summed E-state index contributed by atoms with van der Waals surface area (Å²) in [4.78, 5) is 24.7. The molecule has 27 heavy (non-hydrogen) atoms. The lowest BCUT2D eigenvalue weighted by atomic mass is 9.98. The zero-order chi connectivity index (χ0) is 20.1. The van der Waals surface area contributed by atoms with E-state index >= 15 is 0 Å². The molecule has 2 rings (SSSR count). The standard InChI is InChI=1S/C21H23Cl2NO3/c1-12(2)15-8-5-7-13(3)20(15)24-21(26)14(4)27-19(25)11-16-17(22)9-6-10-18(16)23/h5-10,12,14H,11H2,1-4H3,(H,24,26)/t14-/m0/s1. The van der Waals surface area contributed by atoms with Gasteiger partial charge in [-0.3, -0.25) is 9.59 Å². The predicted molar refractivity (Wildman–Crippen MR) is 110 cm³/mol. The molecule has 0 fully saturated rings. The Morgan fingerprint density at radius 1 is 1.04 bits per heavy atom. The van der Waals surface area contributed by atoms with Crippen LogP contribution in [-0.4, -0.2) is 18.0 Å². The number of para-hydroxylation sites is 1. The van der Waals surface area contributed by atoms with Gasteiger partial charge in [-0.05, 0) is 43.0 Å². The zero-order valence-electron chi connectivity index (χ0n) is 15.8. The number of rotatable bonds is 6. The maximum absolute atomic E-state index is 12.5. The van der Waals surface area contributed by atoms with Crippen molar-refractivity contribution in [1.82, 2.24) is 0 Å². The summed E-state index contributed by atoms with van der Waals surface area (Å²) in [6, 6.07) is 10.9. The smallest absolute Gasteiger partial charge is 0.311 e. The first-order chi connectivity index (χ1) is 12.7. The molecule has 0 aliphatic rings. The molecule has 0 heterocycles. The van der Waals surface area contributed by atoms with Crippen molar-refractivity contribution >= 4 is 40.8 Å². The first kappa shape index (κ1) is 21.3. The molecular weight excluding hydrogens is 385 g/mol. The monoisotopic (exact) mass is 407 g/mol. The number of nitrogens with one attached hydrogen (secondary N) is 1. The van der Waals surface area contributed by atoms with Gasteiger partial charge in [-0.2, -0.15) is 0 Å². The molecular formula is C21H23Cl2NO3. The van der Waals surface area contributed by atoms with Gasteiger partial charge in [0.2, 0.25) is 0 Å². The molecule has 4 nitrogen and oxygen atoms in total. The highest BCUT2D eigenvalue weighted by Gasteiger charge is 2.21. The van der Waals surface area contributed by atoms with Crippen molar-refractivity contribution in [3.63, 3.8) is 0 Å². The van der Waals surface area contributed by atoms with E-state index in [-0.39, 0.29) is 18.2 Å². The number of carbonyl (C=O) groups is 2. The number of hydrogen-bond donors (Lipinski definition) is 1. The van der Waals surface area contributed by atoms with Gasteiger partial charge >= 0.3 is 5.97 Å². The van der Waals surface area contributed by atoms with E-state index in [9.17, 15) is 9.59 Å². The molecule has 6 heteroatoms. The Morgan fingerprint density at radius 3 is 2.22 bits per heavy atom. The molecule has 0 aliphatic carbocycles. The summed E-state index contributed by atoms with van der Waals surface area (Å²) in [5, 5.41) is 3.66. The highest BCUT2D eigenvalue weighted by atomic mass is 35.5. The normalized spacial score (nSPS) is 12.0. The van der Waals surface area contributed by atoms with E-state index in [1.54, 1.807) is 18.2 Å². The van der Waals surface area contributed by atoms with Crippen LogP contribution in [0.2, 0.25) is 10.0 Å². The van der Waals surface area contributed by atoms with Crippen LogP contribution in [0.1, 0.15) is 43.4 Å². The second kappa shape index (κ2) is 9.25. The van der Waals surface area contributed by atoms with E-state index in [1.807, 2.05) is 25.1 Å². The van der Waals surface area contributed by atoms with Gasteiger partial charge < -0.3 is 10.1 Å². The van der Waals surface area contributed by atoms with Crippen LogP contribution in [0.15, 0.2) is 36.4 Å². The number of benzene rings is 2. The molecule has 2 aromatic rings. The Kier molecular flexibility index (Phi) is 7.28. The van der Waals surface area contributed by atoms with Gasteiger partial charge in [0.25, 0.3) is 5.91 Å². The van der Waals surface area contributed by atoms with Crippen LogP contribution in [0.25, 0.3) is 0 Å². The summed E-state index contributed by atoms with van der Waals surface area (Å²) in [6.07, 6.45) is -1.05. The summed E-state index contributed by atoms with van der Waals surface area (Å²) in [6.45, 7) is 7.58. The lowest BCUT2D eigenvalue weighted by molar-refractivity contribution is -0.152. The van der Waals surface area contributed by atoms with E-state index in [0.29, 0.717) is 15.6 Å². The van der Waals surface area contributed by atoms with Gasteiger partial charge in [0.15, 0.2) is 6.10 Å². The lowest BCUT2D eigenvalue weighted by Crippen LogP contribution is -2.31. The number of amides is 1. The molecule has 0 aliphatic heterocycles. The Hall–Kier alpha value is -2.04. The summed E-state index contributed by atoms with van der Waals surface area (Å²) in [7, 11) is 0. The van der Waals surface area contributed by atoms with Crippen LogP contribution >= 0.6 is 23.2 Å². The van der Waals surface area contributed by atoms with Gasteiger partial charge in [-0.15, -0.1) is 0 Å². The average molecular weight is 408 g/mol. The minimum atomic E-state index is -0.946. The molecule has 144 valence electrons. The van der Waals surface area contributed by atoms with Crippen molar-refractivity contribution in [2.75, 3.05) is 5.32 Å². The number of halogens is 2.